The van der Waals surface area contributed by atoms with Gasteiger partial charge in [-0.15, -0.1) is 0 Å². The molecular formula is C19H26N4O2. The number of aryl methyl sites for hydroxylation is 1. The molecule has 1 aromatic carbocycles. The van der Waals surface area contributed by atoms with Crippen molar-refractivity contribution < 1.29 is 9.32 Å². The molecule has 1 fully saturated rings. The molecule has 134 valence electrons. The number of amides is 1. The highest BCUT2D eigenvalue weighted by molar-refractivity contribution is 5.94. The summed E-state index contributed by atoms with van der Waals surface area (Å²) in [5.41, 5.74) is 1.33. The Morgan fingerprint density at radius 2 is 2.20 bits per heavy atom. The summed E-state index contributed by atoms with van der Waals surface area (Å²) in [7, 11) is 0. The van der Waals surface area contributed by atoms with E-state index in [1.807, 2.05) is 13.0 Å². The van der Waals surface area contributed by atoms with Gasteiger partial charge in [0.1, 0.15) is 5.76 Å². The lowest BCUT2D eigenvalue weighted by Crippen LogP contribution is -2.46. The first-order valence-corrected chi connectivity index (χ1v) is 8.90. The van der Waals surface area contributed by atoms with E-state index in [2.05, 4.69) is 45.0 Å². The van der Waals surface area contributed by atoms with Gasteiger partial charge in [0.15, 0.2) is 5.82 Å². The van der Waals surface area contributed by atoms with Crippen molar-refractivity contribution in [3.05, 3.63) is 47.7 Å². The van der Waals surface area contributed by atoms with Crippen LogP contribution in [0.1, 0.15) is 31.1 Å². The maximum Gasteiger partial charge on any atom is 0.242 e. The quantitative estimate of drug-likeness (QED) is 0.809. The van der Waals surface area contributed by atoms with E-state index in [4.69, 9.17) is 4.52 Å². The van der Waals surface area contributed by atoms with Crippen molar-refractivity contribution in [1.82, 2.24) is 15.4 Å². The molecule has 3 rings (SSSR count). The van der Waals surface area contributed by atoms with Gasteiger partial charge >= 0.3 is 0 Å². The van der Waals surface area contributed by atoms with Crippen LogP contribution in [-0.4, -0.2) is 41.1 Å². The zero-order valence-corrected chi connectivity index (χ0v) is 14.9. The summed E-state index contributed by atoms with van der Waals surface area (Å²) in [6.45, 7) is 6.79. The predicted octanol–water partition coefficient (Wildman–Crippen LogP) is 2.56. The van der Waals surface area contributed by atoms with E-state index in [1.165, 1.54) is 5.56 Å². The van der Waals surface area contributed by atoms with Crippen LogP contribution in [0.2, 0.25) is 0 Å². The summed E-state index contributed by atoms with van der Waals surface area (Å²) >= 11 is 0. The van der Waals surface area contributed by atoms with Gasteiger partial charge < -0.3 is 15.2 Å². The second-order valence-corrected chi connectivity index (χ2v) is 6.65. The van der Waals surface area contributed by atoms with Crippen molar-refractivity contribution in [1.29, 1.82) is 0 Å². The highest BCUT2D eigenvalue weighted by Crippen LogP contribution is 2.15. The number of carbonyl (C=O) groups excluding carboxylic acids is 1. The molecule has 0 bridgehead atoms. The lowest BCUT2D eigenvalue weighted by molar-refractivity contribution is -0.118. The van der Waals surface area contributed by atoms with E-state index >= 15 is 0 Å². The maximum atomic E-state index is 12.4. The molecule has 1 aliphatic heterocycles. The fourth-order valence-electron chi connectivity index (χ4n) is 3.26. The summed E-state index contributed by atoms with van der Waals surface area (Å²) < 4.78 is 4.99. The summed E-state index contributed by atoms with van der Waals surface area (Å²) in [4.78, 5) is 14.9. The number of nitrogens with zero attached hydrogens (tertiary/aromatic N) is 2. The zero-order valence-electron chi connectivity index (χ0n) is 14.9. The molecule has 6 heteroatoms. The molecule has 1 amide bonds. The van der Waals surface area contributed by atoms with Gasteiger partial charge in [0, 0.05) is 31.7 Å². The van der Waals surface area contributed by atoms with Gasteiger partial charge in [0.25, 0.3) is 0 Å². The molecule has 1 aliphatic rings. The average molecular weight is 342 g/mol. The van der Waals surface area contributed by atoms with Crippen LogP contribution in [-0.2, 0) is 11.3 Å². The normalized spacial score (nSPS) is 19.0. The Morgan fingerprint density at radius 1 is 1.40 bits per heavy atom. The molecule has 0 unspecified atom stereocenters. The van der Waals surface area contributed by atoms with Gasteiger partial charge in [0.2, 0.25) is 5.91 Å². The van der Waals surface area contributed by atoms with Gasteiger partial charge in [-0.3, -0.25) is 9.69 Å². The molecule has 6 nitrogen and oxygen atoms in total. The number of likely N-dealkylation sites (tertiary alicyclic amines) is 1. The minimum Gasteiger partial charge on any atom is -0.360 e. The zero-order chi connectivity index (χ0) is 17.6. The second kappa shape index (κ2) is 8.27. The van der Waals surface area contributed by atoms with E-state index in [0.29, 0.717) is 17.6 Å². The van der Waals surface area contributed by atoms with E-state index < -0.39 is 0 Å². The van der Waals surface area contributed by atoms with Crippen molar-refractivity contribution in [3.8, 4) is 0 Å². The van der Waals surface area contributed by atoms with Crippen LogP contribution in [0, 0.1) is 6.92 Å². The SMILES string of the molecule is CC[C@@H](N[C@@H]1CCN(Cc2ccccc2)C1)C(=O)Nc1cc(C)on1. The van der Waals surface area contributed by atoms with Crippen LogP contribution < -0.4 is 10.6 Å². The van der Waals surface area contributed by atoms with Crippen molar-refractivity contribution >= 4 is 11.7 Å². The lowest BCUT2D eigenvalue weighted by Gasteiger charge is -2.21. The van der Waals surface area contributed by atoms with Crippen molar-refractivity contribution in [3.63, 3.8) is 0 Å². The van der Waals surface area contributed by atoms with E-state index in [-0.39, 0.29) is 11.9 Å². The van der Waals surface area contributed by atoms with Crippen LogP contribution in [0.4, 0.5) is 5.82 Å². The Labute approximate surface area is 148 Å². The van der Waals surface area contributed by atoms with Gasteiger partial charge in [0.05, 0.1) is 6.04 Å². The molecule has 2 aromatic rings. The number of aromatic nitrogens is 1. The molecule has 1 aromatic heterocycles. The molecule has 25 heavy (non-hydrogen) atoms. The van der Waals surface area contributed by atoms with Crippen molar-refractivity contribution in [2.75, 3.05) is 18.4 Å². The highest BCUT2D eigenvalue weighted by atomic mass is 16.5. The molecular weight excluding hydrogens is 316 g/mol. The Kier molecular flexibility index (Phi) is 5.83. The Balaban J connectivity index is 1.49. The van der Waals surface area contributed by atoms with Gasteiger partial charge in [-0.05, 0) is 25.3 Å². The molecule has 2 atom stereocenters. The average Bonchev–Trinajstić information content (AvgIpc) is 3.22. The van der Waals surface area contributed by atoms with Crippen LogP contribution in [0.25, 0.3) is 0 Å². The molecule has 0 spiro atoms. The van der Waals surface area contributed by atoms with Crippen LogP contribution in [0.15, 0.2) is 40.9 Å². The van der Waals surface area contributed by atoms with E-state index in [0.717, 1.165) is 32.5 Å². The Morgan fingerprint density at radius 3 is 2.88 bits per heavy atom. The summed E-state index contributed by atoms with van der Waals surface area (Å²) in [5, 5.41) is 10.1. The molecule has 2 N–H and O–H groups in total. The first kappa shape index (κ1) is 17.6. The molecule has 2 heterocycles. The van der Waals surface area contributed by atoms with Crippen LogP contribution >= 0.6 is 0 Å². The van der Waals surface area contributed by atoms with Crippen LogP contribution in [0.3, 0.4) is 0 Å². The fraction of sp³-hybridized carbons (Fsp3) is 0.474. The lowest BCUT2D eigenvalue weighted by atomic mass is 10.1. The number of hydrogen-bond donors (Lipinski definition) is 2. The van der Waals surface area contributed by atoms with Gasteiger partial charge in [-0.1, -0.05) is 42.4 Å². The van der Waals surface area contributed by atoms with Crippen molar-refractivity contribution in [2.45, 2.75) is 45.3 Å². The molecule has 0 radical (unpaired) electrons. The topological polar surface area (TPSA) is 70.4 Å². The number of rotatable bonds is 7. The number of nitrogens with one attached hydrogen (secondary N) is 2. The number of carbonyl (C=O) groups is 1. The third-order valence-corrected chi connectivity index (χ3v) is 4.56. The Hall–Kier alpha value is -2.18. The van der Waals surface area contributed by atoms with Crippen LogP contribution in [0.5, 0.6) is 0 Å². The van der Waals surface area contributed by atoms with Gasteiger partial charge in [-0.2, -0.15) is 0 Å². The minimum absolute atomic E-state index is 0.0580. The first-order chi connectivity index (χ1) is 12.1. The molecule has 0 saturated carbocycles. The van der Waals surface area contributed by atoms with Gasteiger partial charge in [-0.25, -0.2) is 0 Å². The summed E-state index contributed by atoms with van der Waals surface area (Å²) in [6, 6.07) is 12.3. The predicted molar refractivity (Wildman–Crippen MR) is 97.2 cm³/mol. The highest BCUT2D eigenvalue weighted by Gasteiger charge is 2.27. The number of benzene rings is 1. The number of anilines is 1. The molecule has 1 saturated heterocycles. The summed E-state index contributed by atoms with van der Waals surface area (Å²) in [6.07, 6.45) is 1.79. The smallest absolute Gasteiger partial charge is 0.242 e. The van der Waals surface area contributed by atoms with E-state index in [9.17, 15) is 4.79 Å². The fourth-order valence-corrected chi connectivity index (χ4v) is 3.26. The molecule has 0 aliphatic carbocycles. The number of hydrogen-bond acceptors (Lipinski definition) is 5. The minimum atomic E-state index is -0.223. The first-order valence-electron chi connectivity index (χ1n) is 8.90. The largest absolute Gasteiger partial charge is 0.360 e. The van der Waals surface area contributed by atoms with E-state index in [1.54, 1.807) is 13.0 Å². The van der Waals surface area contributed by atoms with Crippen molar-refractivity contribution in [2.24, 2.45) is 0 Å². The Bertz CT molecular complexity index is 686. The third-order valence-electron chi connectivity index (χ3n) is 4.56. The third kappa shape index (κ3) is 4.90. The standard InChI is InChI=1S/C19H26N4O2/c1-3-17(19(24)21-18-11-14(2)25-22-18)20-16-9-10-23(13-16)12-15-7-5-4-6-8-15/h4-8,11,16-17,20H,3,9-10,12-13H2,1-2H3,(H,21,22,24)/t16-,17-/m1/s1. The monoisotopic (exact) mass is 342 g/mol. The summed E-state index contributed by atoms with van der Waals surface area (Å²) in [5.74, 6) is 1.10. The maximum absolute atomic E-state index is 12.4. The second-order valence-electron chi connectivity index (χ2n) is 6.65.